The lowest BCUT2D eigenvalue weighted by molar-refractivity contribution is -0.343. The second-order valence-electron chi connectivity index (χ2n) is 31.6. The molecule has 33 heteroatoms. The molecule has 0 radical (unpaired) electrons. The number of nitrogens with one attached hydrogen (secondary N) is 4. The number of hydrogen-bond donors (Lipinski definition) is 16. The van der Waals surface area contributed by atoms with Gasteiger partial charge in [-0.3, -0.25) is 24.0 Å². The van der Waals surface area contributed by atoms with E-state index < -0.39 is 219 Å². The normalized spacial score (nSPS) is 38.5. The molecule has 3 heterocycles. The van der Waals surface area contributed by atoms with E-state index in [1.165, 1.54) is 20.8 Å². The number of ketones is 1. The Balaban J connectivity index is 0.802. The second-order valence-corrected chi connectivity index (χ2v) is 31.6. The van der Waals surface area contributed by atoms with Crippen LogP contribution < -0.4 is 21.3 Å². The fourth-order valence-electron chi connectivity index (χ4n) is 17.4. The smallest absolute Gasteiger partial charge is 0.332 e. The van der Waals surface area contributed by atoms with Gasteiger partial charge in [0.15, 0.2) is 31.1 Å². The summed E-state index contributed by atoms with van der Waals surface area (Å²) in [4.78, 5) is 92.6. The van der Waals surface area contributed by atoms with E-state index in [0.717, 1.165) is 64.2 Å². The summed E-state index contributed by atoms with van der Waals surface area (Å²) < 4.78 is 62.6. The first-order chi connectivity index (χ1) is 51.5. The van der Waals surface area contributed by atoms with Crippen LogP contribution in [0.1, 0.15) is 189 Å². The number of aliphatic hydroxyl groups excluding tert-OH is 10. The maximum Gasteiger partial charge on any atom is 0.332 e. The van der Waals surface area contributed by atoms with E-state index in [2.05, 4.69) is 21.3 Å². The van der Waals surface area contributed by atoms with Crippen LogP contribution in [0.5, 0.6) is 0 Å². The van der Waals surface area contributed by atoms with Gasteiger partial charge < -0.3 is 130 Å². The van der Waals surface area contributed by atoms with Crippen LogP contribution in [-0.2, 0) is 80.9 Å². The molecule has 30 atom stereocenters. The number of carbonyl (C=O) groups excluding carboxylic acids is 5. The summed E-state index contributed by atoms with van der Waals surface area (Å²) in [6, 6.07) is -1.15. The summed E-state index contributed by atoms with van der Waals surface area (Å²) in [5, 5.41) is 141. The van der Waals surface area contributed by atoms with Gasteiger partial charge in [-0.2, -0.15) is 0 Å². The topological polar surface area (TPSA) is 503 Å². The zero-order valence-electron chi connectivity index (χ0n) is 63.5. The molecule has 0 aromatic heterocycles. The summed E-state index contributed by atoms with van der Waals surface area (Å²) in [5.74, 6) is -8.02. The lowest BCUT2D eigenvalue weighted by atomic mass is 9.73. The van der Waals surface area contributed by atoms with E-state index >= 15 is 0 Å². The highest BCUT2D eigenvalue weighted by atomic mass is 16.7. The van der Waals surface area contributed by atoms with Crippen LogP contribution in [0.2, 0.25) is 0 Å². The van der Waals surface area contributed by atoms with Crippen LogP contribution in [0.3, 0.4) is 0 Å². The molecule has 16 N–H and O–H groups in total. The molecule has 3 aliphatic heterocycles. The van der Waals surface area contributed by atoms with Gasteiger partial charge in [-0.15, -0.1) is 0 Å². The van der Waals surface area contributed by atoms with Crippen molar-refractivity contribution < 1.29 is 142 Å². The number of rotatable bonds is 38. The Morgan fingerprint density at radius 1 is 0.472 bits per heavy atom. The van der Waals surface area contributed by atoms with Crippen molar-refractivity contribution in [2.24, 2.45) is 47.3 Å². The SMILES string of the molecule is CC[C@H]1C[C@@H](C(=O)NCCNC(=O)CCOCCC(=O)NCCCC(=O)[C@@H]2C[C@H](CC)[C@@H](O[C@@H]3O[C@@H](C)[C@@H](O)[C@@H](O)[C@@H]3O)[C@H](O[C@@H]3C[C@H](CO)[C@H](O)[C@H](O[C@@H](CC4CCCCC4)C(=O)O)[C@H]3NC(C)=O)C2)C[C@@H](O[C@@H]2O[C@H](CO)[C@H](O)[C@H](O[C@@H](CC3CCCCC3)C(=O)O)[C@H]2C)[C@@H]1O[C@@H]1O[C@@H](C)[C@@H](O)[C@@H](O)[C@@H]1O. The highest BCUT2D eigenvalue weighted by Crippen LogP contribution is 2.44. The molecule has 108 heavy (non-hydrogen) atoms. The van der Waals surface area contributed by atoms with Crippen molar-refractivity contribution in [3.05, 3.63) is 0 Å². The van der Waals surface area contributed by atoms with Crippen LogP contribution in [0.25, 0.3) is 0 Å². The number of Topliss-reactive ketones (excluding diaryl/α,β-unsaturated/α-hetero) is 1. The molecule has 8 fully saturated rings. The predicted molar refractivity (Wildman–Crippen MR) is 379 cm³/mol. The molecule has 0 aromatic carbocycles. The summed E-state index contributed by atoms with van der Waals surface area (Å²) in [5.41, 5.74) is 0. The largest absolute Gasteiger partial charge is 0.479 e. The Morgan fingerprint density at radius 2 is 0.963 bits per heavy atom. The molecular weight excluding hydrogens is 1420 g/mol. The summed E-state index contributed by atoms with van der Waals surface area (Å²) in [6.07, 6.45) is -18.3. The second kappa shape index (κ2) is 43.3. The van der Waals surface area contributed by atoms with Gasteiger partial charge in [-0.1, -0.05) is 97.8 Å². The Morgan fingerprint density at radius 3 is 1.46 bits per heavy atom. The molecule has 33 nitrogen and oxygen atoms in total. The number of aliphatic carboxylic acids is 2. The number of aliphatic hydroxyl groups is 10. The third-order valence-corrected chi connectivity index (χ3v) is 23.8. The van der Waals surface area contributed by atoms with E-state index in [1.54, 1.807) is 6.92 Å². The molecular formula is C75H126N4O29. The van der Waals surface area contributed by atoms with E-state index in [-0.39, 0.29) is 126 Å². The number of ether oxygens (including phenoxy) is 10. The molecule has 0 unspecified atom stereocenters. The fourth-order valence-corrected chi connectivity index (χ4v) is 17.4. The van der Waals surface area contributed by atoms with Crippen LogP contribution in [0, 0.1) is 47.3 Å². The quantitative estimate of drug-likeness (QED) is 0.0365. The van der Waals surface area contributed by atoms with Crippen molar-refractivity contribution in [3.8, 4) is 0 Å². The zero-order valence-corrected chi connectivity index (χ0v) is 63.5. The average molecular weight is 1550 g/mol. The first-order valence-corrected chi connectivity index (χ1v) is 39.8. The van der Waals surface area contributed by atoms with Crippen molar-refractivity contribution in [1.29, 1.82) is 0 Å². The van der Waals surface area contributed by atoms with Crippen molar-refractivity contribution in [3.63, 3.8) is 0 Å². The average Bonchev–Trinajstić information content (AvgIpc) is 0.779. The Bertz CT molecular complexity index is 2810. The lowest BCUT2D eigenvalue weighted by Crippen LogP contribution is -2.65. The van der Waals surface area contributed by atoms with Gasteiger partial charge in [0.1, 0.15) is 60.7 Å². The third-order valence-electron chi connectivity index (χ3n) is 23.8. The third kappa shape index (κ3) is 24.4. The number of carbonyl (C=O) groups is 7. The van der Waals surface area contributed by atoms with E-state index in [0.29, 0.717) is 19.3 Å². The standard InChI is InChI=1S/C75H126N4O29/c1-7-43-30-45(32-50(67(43)107-74-64(92)62(90)58(86)38(4)100-74)102-49-34-47(35-80)60(88)69(57(49)79-40(6)82)104-53(72(97)98)29-42-18-13-10-14-19-42)48(83)20-15-23-76-55(84)21-26-99-27-22-56(85)77-24-25-78-70(94)46-31-44(8-2)68(108-75-65(93)63(91)59(87)39(5)101-75)51(33-46)105-73-37(3)66(61(89)54(36-81)106-73)103-52(71(95)96)28-41-16-11-9-12-17-41/h37-39,41-47,49-54,57-69,73-75,80-81,86-93H,7-36H2,1-6H3,(H,76,84)(H,77,85)(H,78,94)(H,79,82)(H,95,96)(H,97,98)/t37-,38+,39+,43+,44+,45-,46-,47-,49-,50-,51-,52+,53+,54-,57+,58-,59-,60+,61+,62-,63-,64+,65+,66-,67-,68-,69-,73-,74+,75+/m1/s1. The number of carboxylic acids is 2. The minimum Gasteiger partial charge on any atom is -0.479 e. The van der Waals surface area contributed by atoms with Crippen molar-refractivity contribution in [1.82, 2.24) is 21.3 Å². The molecule has 3 saturated heterocycles. The fraction of sp³-hybridized carbons (Fsp3) is 0.907. The molecule has 5 aliphatic carbocycles. The minimum absolute atomic E-state index is 0.0117. The van der Waals surface area contributed by atoms with Gasteiger partial charge in [0.25, 0.3) is 0 Å². The van der Waals surface area contributed by atoms with Gasteiger partial charge in [0.2, 0.25) is 23.6 Å². The number of amides is 4. The van der Waals surface area contributed by atoms with Gasteiger partial charge >= 0.3 is 11.9 Å². The number of carboxylic acid groups (broad SMARTS) is 2. The van der Waals surface area contributed by atoms with E-state index in [4.69, 9.17) is 47.4 Å². The maximum atomic E-state index is 14.3. The minimum atomic E-state index is -1.69. The van der Waals surface area contributed by atoms with Gasteiger partial charge in [-0.25, -0.2) is 9.59 Å². The van der Waals surface area contributed by atoms with E-state index in [9.17, 15) is 94.8 Å². The van der Waals surface area contributed by atoms with Crippen LogP contribution >= 0.6 is 0 Å². The van der Waals surface area contributed by atoms with Crippen LogP contribution in [0.4, 0.5) is 0 Å². The molecule has 0 aromatic rings. The van der Waals surface area contributed by atoms with Gasteiger partial charge in [0.05, 0.1) is 80.8 Å². The molecule has 0 spiro atoms. The Labute approximate surface area is 632 Å². The Kier molecular flexibility index (Phi) is 35.7. The highest BCUT2D eigenvalue weighted by molar-refractivity contribution is 5.81. The van der Waals surface area contributed by atoms with Crippen LogP contribution in [-0.4, -0.2) is 296 Å². The summed E-state index contributed by atoms with van der Waals surface area (Å²) >= 11 is 0. The van der Waals surface area contributed by atoms with Crippen molar-refractivity contribution >= 4 is 41.4 Å². The van der Waals surface area contributed by atoms with Crippen molar-refractivity contribution in [2.45, 2.75) is 336 Å². The monoisotopic (exact) mass is 1550 g/mol. The summed E-state index contributed by atoms with van der Waals surface area (Å²) in [7, 11) is 0. The molecule has 5 saturated carbocycles. The number of hydrogen-bond acceptors (Lipinski definition) is 27. The van der Waals surface area contributed by atoms with Crippen LogP contribution in [0.15, 0.2) is 0 Å². The maximum absolute atomic E-state index is 14.3. The lowest BCUT2D eigenvalue weighted by Gasteiger charge is -2.49. The molecule has 620 valence electrons. The predicted octanol–water partition coefficient (Wildman–Crippen LogP) is 0.127. The molecule has 0 bridgehead atoms. The first-order valence-electron chi connectivity index (χ1n) is 39.8. The van der Waals surface area contributed by atoms with Gasteiger partial charge in [0, 0.05) is 76.1 Å². The molecule has 8 aliphatic rings. The first kappa shape index (κ1) is 89.2. The highest BCUT2D eigenvalue weighted by Gasteiger charge is 2.55. The molecule has 4 amide bonds. The zero-order chi connectivity index (χ0) is 78.6. The summed E-state index contributed by atoms with van der Waals surface area (Å²) in [6.45, 7) is 8.62. The molecule has 8 rings (SSSR count). The van der Waals surface area contributed by atoms with E-state index in [1.807, 2.05) is 13.8 Å². The Hall–Kier alpha value is -4.31. The van der Waals surface area contributed by atoms with Crippen molar-refractivity contribution in [2.75, 3.05) is 46.1 Å². The van der Waals surface area contributed by atoms with Gasteiger partial charge in [-0.05, 0) is 88.9 Å².